The van der Waals surface area contributed by atoms with E-state index in [1.165, 1.54) is 193 Å². The number of carbonyl (C=O) groups excluding carboxylic acids is 2. The molecule has 2 unspecified atom stereocenters. The van der Waals surface area contributed by atoms with Gasteiger partial charge < -0.3 is 14.4 Å². The fraction of sp³-hybridized carbons (Fsp3) is 0.825. The van der Waals surface area contributed by atoms with Gasteiger partial charge in [-0.2, -0.15) is 0 Å². The standard InChI is InChI=1S/C57H105O8P/c1-4-7-9-11-13-15-17-19-21-23-25-27-29-31-33-35-37-39-41-43-45-47-49-51-56(58)62-53-55(54-64-66(60,61)63-6-3)65-57(59)52-50-48-46-44-42-40-38-36-34-32-30-28-26-24-22-20-18-16-14-12-10-8-5-2/h17-20,23-26,55H,4-16,21-22,27-54H2,1-3H3,(H,60,61)/b19-17-,20-18-,25-23-,26-24-. The maximum Gasteiger partial charge on any atom is 0.472 e. The lowest BCUT2D eigenvalue weighted by Crippen LogP contribution is -2.29. The zero-order chi connectivity index (χ0) is 48.1. The van der Waals surface area contributed by atoms with Gasteiger partial charge in [0.1, 0.15) is 6.61 Å². The van der Waals surface area contributed by atoms with Crippen molar-refractivity contribution >= 4 is 19.8 Å². The number of hydrogen-bond donors (Lipinski definition) is 1. The molecule has 0 radical (unpaired) electrons. The van der Waals surface area contributed by atoms with Crippen molar-refractivity contribution in [1.29, 1.82) is 0 Å². The van der Waals surface area contributed by atoms with Gasteiger partial charge in [0.25, 0.3) is 0 Å². The van der Waals surface area contributed by atoms with E-state index < -0.39 is 26.5 Å². The molecule has 8 nitrogen and oxygen atoms in total. The Morgan fingerprint density at radius 1 is 0.409 bits per heavy atom. The largest absolute Gasteiger partial charge is 0.472 e. The molecule has 0 heterocycles. The lowest BCUT2D eigenvalue weighted by atomic mass is 10.0. The Hall–Kier alpha value is -1.99. The highest BCUT2D eigenvalue weighted by atomic mass is 31.2. The highest BCUT2D eigenvalue weighted by Gasteiger charge is 2.25. The van der Waals surface area contributed by atoms with Crippen LogP contribution in [0.5, 0.6) is 0 Å². The average molecular weight is 949 g/mol. The van der Waals surface area contributed by atoms with E-state index in [2.05, 4.69) is 62.5 Å². The lowest BCUT2D eigenvalue weighted by molar-refractivity contribution is -0.161. The molecule has 0 amide bonds. The zero-order valence-electron chi connectivity index (χ0n) is 43.4. The van der Waals surface area contributed by atoms with Gasteiger partial charge >= 0.3 is 19.8 Å². The first-order chi connectivity index (χ1) is 32.3. The third-order valence-corrected chi connectivity index (χ3v) is 13.2. The van der Waals surface area contributed by atoms with Gasteiger partial charge in [-0.25, -0.2) is 4.57 Å². The number of ether oxygens (including phenoxy) is 2. The van der Waals surface area contributed by atoms with Crippen molar-refractivity contribution in [2.75, 3.05) is 19.8 Å². The molecule has 0 fully saturated rings. The number of hydrogen-bond acceptors (Lipinski definition) is 7. The quantitative estimate of drug-likeness (QED) is 0.0278. The van der Waals surface area contributed by atoms with Crippen molar-refractivity contribution in [2.24, 2.45) is 0 Å². The monoisotopic (exact) mass is 949 g/mol. The minimum atomic E-state index is -4.29. The number of carbonyl (C=O) groups is 2. The molecule has 0 spiro atoms. The summed E-state index contributed by atoms with van der Waals surface area (Å²) in [6, 6.07) is 0. The molecule has 0 aromatic rings. The molecule has 0 aliphatic heterocycles. The minimum Gasteiger partial charge on any atom is -0.462 e. The van der Waals surface area contributed by atoms with E-state index in [4.69, 9.17) is 18.5 Å². The Balaban J connectivity index is 3.93. The van der Waals surface area contributed by atoms with Crippen LogP contribution in [0.2, 0.25) is 0 Å². The van der Waals surface area contributed by atoms with Crippen LogP contribution in [-0.4, -0.2) is 42.8 Å². The first-order valence-corrected chi connectivity index (χ1v) is 29.4. The molecule has 9 heteroatoms. The number of unbranched alkanes of at least 4 members (excludes halogenated alkanes) is 32. The Labute approximate surface area is 408 Å². The van der Waals surface area contributed by atoms with Gasteiger partial charge in [0.05, 0.1) is 13.2 Å². The summed E-state index contributed by atoms with van der Waals surface area (Å²) in [5.41, 5.74) is 0. The molecule has 0 rings (SSSR count). The first-order valence-electron chi connectivity index (χ1n) is 27.9. The Morgan fingerprint density at radius 2 is 0.727 bits per heavy atom. The molecule has 0 bridgehead atoms. The highest BCUT2D eigenvalue weighted by Crippen LogP contribution is 2.43. The van der Waals surface area contributed by atoms with Gasteiger partial charge in [-0.1, -0.05) is 229 Å². The third kappa shape index (κ3) is 51.4. The molecule has 1 N–H and O–H groups in total. The Kier molecular flexibility index (Phi) is 50.8. The van der Waals surface area contributed by atoms with Gasteiger partial charge in [0, 0.05) is 12.8 Å². The molecular formula is C57H105O8P. The van der Waals surface area contributed by atoms with Gasteiger partial charge in [-0.15, -0.1) is 0 Å². The maximum absolute atomic E-state index is 12.7. The van der Waals surface area contributed by atoms with Crippen molar-refractivity contribution in [3.8, 4) is 0 Å². The summed E-state index contributed by atoms with van der Waals surface area (Å²) in [6.45, 7) is 5.50. The van der Waals surface area contributed by atoms with E-state index in [1.807, 2.05) is 0 Å². The zero-order valence-corrected chi connectivity index (χ0v) is 44.2. The van der Waals surface area contributed by atoms with Gasteiger partial charge in [0.2, 0.25) is 0 Å². The molecule has 66 heavy (non-hydrogen) atoms. The van der Waals surface area contributed by atoms with Crippen LogP contribution in [0.3, 0.4) is 0 Å². The second-order valence-corrected chi connectivity index (χ2v) is 20.0. The summed E-state index contributed by atoms with van der Waals surface area (Å²) in [6.07, 6.45) is 64.6. The molecule has 0 saturated carbocycles. The van der Waals surface area contributed by atoms with E-state index in [0.29, 0.717) is 12.8 Å². The summed E-state index contributed by atoms with van der Waals surface area (Å²) in [4.78, 5) is 35.0. The summed E-state index contributed by atoms with van der Waals surface area (Å²) >= 11 is 0. The summed E-state index contributed by atoms with van der Waals surface area (Å²) in [5.74, 6) is -0.793. The highest BCUT2D eigenvalue weighted by molar-refractivity contribution is 7.47. The van der Waals surface area contributed by atoms with E-state index in [-0.39, 0.29) is 25.6 Å². The average Bonchev–Trinajstić information content (AvgIpc) is 3.30. The fourth-order valence-corrected chi connectivity index (χ4v) is 8.74. The number of allylic oxidation sites excluding steroid dienone is 8. The second-order valence-electron chi connectivity index (χ2n) is 18.6. The molecule has 0 aromatic carbocycles. The Bertz CT molecular complexity index is 1210. The summed E-state index contributed by atoms with van der Waals surface area (Å²) in [5, 5.41) is 0. The predicted molar refractivity (Wildman–Crippen MR) is 281 cm³/mol. The molecule has 0 aromatic heterocycles. The summed E-state index contributed by atoms with van der Waals surface area (Å²) in [7, 11) is -4.29. The van der Waals surface area contributed by atoms with E-state index in [1.54, 1.807) is 6.92 Å². The van der Waals surface area contributed by atoms with Crippen molar-refractivity contribution in [2.45, 2.75) is 284 Å². The van der Waals surface area contributed by atoms with Gasteiger partial charge in [-0.05, 0) is 84.0 Å². The topological polar surface area (TPSA) is 108 Å². The number of rotatable bonds is 52. The normalized spacial score (nSPS) is 13.5. The van der Waals surface area contributed by atoms with Crippen LogP contribution in [0, 0.1) is 0 Å². The number of phosphoric ester groups is 1. The van der Waals surface area contributed by atoms with Crippen LogP contribution < -0.4 is 0 Å². The van der Waals surface area contributed by atoms with E-state index >= 15 is 0 Å². The molecule has 0 saturated heterocycles. The fourth-order valence-electron chi connectivity index (χ4n) is 7.99. The number of phosphoric acid groups is 1. The van der Waals surface area contributed by atoms with E-state index in [9.17, 15) is 19.0 Å². The predicted octanol–water partition coefficient (Wildman–Crippen LogP) is 18.5. The van der Waals surface area contributed by atoms with Gasteiger partial charge in [0.15, 0.2) is 6.10 Å². The maximum atomic E-state index is 12.7. The van der Waals surface area contributed by atoms with Crippen LogP contribution in [-0.2, 0) is 32.7 Å². The number of esters is 2. The van der Waals surface area contributed by atoms with Crippen LogP contribution >= 0.6 is 7.82 Å². The SMILES string of the molecule is CCCCCCC/C=C\C/C=C\CCCCCCCCCCCCCC(=O)OCC(COP(=O)(O)OCC)OC(=O)CCCCCCCCCCCCC/C=C\C/C=C\CCCCCCC. The van der Waals surface area contributed by atoms with Crippen molar-refractivity contribution in [1.82, 2.24) is 0 Å². The molecule has 2 atom stereocenters. The molecule has 386 valence electrons. The second kappa shape index (κ2) is 52.4. The van der Waals surface area contributed by atoms with Crippen molar-refractivity contribution < 1.29 is 37.6 Å². The van der Waals surface area contributed by atoms with Crippen molar-refractivity contribution in [3.63, 3.8) is 0 Å². The van der Waals surface area contributed by atoms with Crippen LogP contribution in [0.4, 0.5) is 0 Å². The van der Waals surface area contributed by atoms with E-state index in [0.717, 1.165) is 44.9 Å². The van der Waals surface area contributed by atoms with Crippen LogP contribution in [0.1, 0.15) is 278 Å². The van der Waals surface area contributed by atoms with Crippen molar-refractivity contribution in [3.05, 3.63) is 48.6 Å². The Morgan fingerprint density at radius 3 is 1.08 bits per heavy atom. The molecule has 0 aliphatic rings. The van der Waals surface area contributed by atoms with Crippen LogP contribution in [0.25, 0.3) is 0 Å². The van der Waals surface area contributed by atoms with Gasteiger partial charge in [-0.3, -0.25) is 18.6 Å². The molecular weight excluding hydrogens is 844 g/mol. The molecule has 0 aliphatic carbocycles. The summed E-state index contributed by atoms with van der Waals surface area (Å²) < 4.78 is 32.9. The lowest BCUT2D eigenvalue weighted by Gasteiger charge is -2.19. The minimum absolute atomic E-state index is 0.000488. The van der Waals surface area contributed by atoms with Crippen LogP contribution in [0.15, 0.2) is 48.6 Å². The smallest absolute Gasteiger partial charge is 0.462 e. The first kappa shape index (κ1) is 64.0. The third-order valence-electron chi connectivity index (χ3n) is 12.1.